The van der Waals surface area contributed by atoms with Crippen LogP contribution in [0.3, 0.4) is 0 Å². The number of carbonyl (C=O) groups excluding carboxylic acids is 1. The van der Waals surface area contributed by atoms with Gasteiger partial charge in [-0.25, -0.2) is 0 Å². The maximum atomic E-state index is 11.2. The molecule has 0 saturated carbocycles. The van der Waals surface area contributed by atoms with E-state index in [1.54, 1.807) is 0 Å². The number of hydrogen-bond donors (Lipinski definition) is 0. The van der Waals surface area contributed by atoms with Crippen molar-refractivity contribution >= 4 is 5.97 Å². The summed E-state index contributed by atoms with van der Waals surface area (Å²) in [6, 6.07) is 0.453. The Balaban J connectivity index is 3.89. The van der Waals surface area contributed by atoms with Crippen molar-refractivity contribution in [1.82, 2.24) is 4.90 Å². The van der Waals surface area contributed by atoms with E-state index in [0.717, 1.165) is 13.0 Å². The van der Waals surface area contributed by atoms with Crippen LogP contribution in [-0.2, 0) is 9.53 Å². The normalized spacial score (nSPS) is 13.0. The van der Waals surface area contributed by atoms with E-state index in [1.165, 1.54) is 0 Å². The SMILES string of the molecule is CCOC(=O)CN(CC)C(C)CC. The molecule has 0 aromatic heterocycles. The predicted molar refractivity (Wildman–Crippen MR) is 53.6 cm³/mol. The van der Waals surface area contributed by atoms with Gasteiger partial charge in [-0.05, 0) is 26.8 Å². The highest BCUT2D eigenvalue weighted by Crippen LogP contribution is 2.02. The van der Waals surface area contributed by atoms with Crippen LogP contribution < -0.4 is 0 Å². The summed E-state index contributed by atoms with van der Waals surface area (Å²) in [5, 5.41) is 0. The topological polar surface area (TPSA) is 29.5 Å². The van der Waals surface area contributed by atoms with Crippen molar-refractivity contribution in [3.8, 4) is 0 Å². The van der Waals surface area contributed by atoms with Crippen LogP contribution in [0.1, 0.15) is 34.1 Å². The van der Waals surface area contributed by atoms with E-state index in [9.17, 15) is 4.79 Å². The molecule has 0 fully saturated rings. The molecule has 3 nitrogen and oxygen atoms in total. The third-order valence-corrected chi connectivity index (χ3v) is 2.26. The standard InChI is InChI=1S/C10H21NO2/c1-5-9(4)11(6-2)8-10(12)13-7-3/h9H,5-8H2,1-4H3. The molecule has 0 aliphatic rings. The molecule has 0 saturated heterocycles. The predicted octanol–water partition coefficient (Wildman–Crippen LogP) is 1.67. The Kier molecular flexibility index (Phi) is 6.59. The lowest BCUT2D eigenvalue weighted by Crippen LogP contribution is -2.37. The van der Waals surface area contributed by atoms with Crippen molar-refractivity contribution in [2.45, 2.75) is 40.2 Å². The molecule has 0 bridgehead atoms. The van der Waals surface area contributed by atoms with Crippen molar-refractivity contribution in [2.75, 3.05) is 19.7 Å². The molecule has 0 heterocycles. The molecule has 0 amide bonds. The number of rotatable bonds is 6. The minimum atomic E-state index is -0.121. The molecule has 0 radical (unpaired) electrons. The largest absolute Gasteiger partial charge is 0.465 e. The number of esters is 1. The molecule has 0 rings (SSSR count). The molecular weight excluding hydrogens is 166 g/mol. The Morgan fingerprint density at radius 2 is 2.00 bits per heavy atom. The quantitative estimate of drug-likeness (QED) is 0.592. The third kappa shape index (κ3) is 4.88. The third-order valence-electron chi connectivity index (χ3n) is 2.26. The first-order valence-electron chi connectivity index (χ1n) is 5.05. The van der Waals surface area contributed by atoms with Crippen molar-refractivity contribution in [2.24, 2.45) is 0 Å². The smallest absolute Gasteiger partial charge is 0.320 e. The van der Waals surface area contributed by atoms with Gasteiger partial charge in [-0.3, -0.25) is 9.69 Å². The second-order valence-electron chi connectivity index (χ2n) is 3.13. The van der Waals surface area contributed by atoms with E-state index in [2.05, 4.69) is 25.7 Å². The zero-order chi connectivity index (χ0) is 10.3. The van der Waals surface area contributed by atoms with Crippen LogP contribution in [0.4, 0.5) is 0 Å². The molecule has 78 valence electrons. The molecule has 0 aliphatic heterocycles. The molecule has 1 unspecified atom stereocenters. The lowest BCUT2D eigenvalue weighted by atomic mass is 10.2. The zero-order valence-corrected chi connectivity index (χ0v) is 9.17. The Labute approximate surface area is 81.1 Å². The van der Waals surface area contributed by atoms with Crippen LogP contribution in [0.5, 0.6) is 0 Å². The van der Waals surface area contributed by atoms with E-state index >= 15 is 0 Å². The Morgan fingerprint density at radius 1 is 1.38 bits per heavy atom. The first kappa shape index (κ1) is 12.4. The number of ether oxygens (including phenoxy) is 1. The van der Waals surface area contributed by atoms with Crippen molar-refractivity contribution < 1.29 is 9.53 Å². The second kappa shape index (κ2) is 6.89. The monoisotopic (exact) mass is 187 g/mol. The highest BCUT2D eigenvalue weighted by Gasteiger charge is 2.14. The number of nitrogens with zero attached hydrogens (tertiary/aromatic N) is 1. The average Bonchev–Trinajstić information content (AvgIpc) is 2.13. The Morgan fingerprint density at radius 3 is 2.38 bits per heavy atom. The van der Waals surface area contributed by atoms with E-state index in [0.29, 0.717) is 19.2 Å². The van der Waals surface area contributed by atoms with Crippen LogP contribution in [0.2, 0.25) is 0 Å². The van der Waals surface area contributed by atoms with Crippen molar-refractivity contribution in [3.63, 3.8) is 0 Å². The lowest BCUT2D eigenvalue weighted by Gasteiger charge is -2.25. The average molecular weight is 187 g/mol. The molecule has 0 aromatic rings. The Hall–Kier alpha value is -0.570. The minimum absolute atomic E-state index is 0.121. The van der Waals surface area contributed by atoms with Gasteiger partial charge in [-0.2, -0.15) is 0 Å². The lowest BCUT2D eigenvalue weighted by molar-refractivity contribution is -0.144. The number of likely N-dealkylation sites (N-methyl/N-ethyl adjacent to an activating group) is 1. The highest BCUT2D eigenvalue weighted by molar-refractivity contribution is 5.71. The molecule has 0 aromatic carbocycles. The first-order valence-corrected chi connectivity index (χ1v) is 5.05. The van der Waals surface area contributed by atoms with Crippen LogP contribution in [0.15, 0.2) is 0 Å². The van der Waals surface area contributed by atoms with Gasteiger partial charge < -0.3 is 4.74 Å². The van der Waals surface area contributed by atoms with Crippen LogP contribution in [-0.4, -0.2) is 36.6 Å². The molecule has 3 heteroatoms. The van der Waals surface area contributed by atoms with Crippen LogP contribution in [0, 0.1) is 0 Å². The summed E-state index contributed by atoms with van der Waals surface area (Å²) in [7, 11) is 0. The van der Waals surface area contributed by atoms with E-state index in [4.69, 9.17) is 4.74 Å². The maximum absolute atomic E-state index is 11.2. The van der Waals surface area contributed by atoms with Gasteiger partial charge in [0.1, 0.15) is 0 Å². The van der Waals surface area contributed by atoms with E-state index in [-0.39, 0.29) is 5.97 Å². The highest BCUT2D eigenvalue weighted by atomic mass is 16.5. The Bertz CT molecular complexity index is 148. The van der Waals surface area contributed by atoms with Gasteiger partial charge in [0.25, 0.3) is 0 Å². The summed E-state index contributed by atoms with van der Waals surface area (Å²) >= 11 is 0. The van der Waals surface area contributed by atoms with Crippen LogP contribution in [0.25, 0.3) is 0 Å². The minimum Gasteiger partial charge on any atom is -0.465 e. The van der Waals surface area contributed by atoms with E-state index in [1.807, 2.05) is 6.92 Å². The number of carbonyl (C=O) groups is 1. The van der Waals surface area contributed by atoms with Crippen LogP contribution >= 0.6 is 0 Å². The number of hydrogen-bond acceptors (Lipinski definition) is 3. The van der Waals surface area contributed by atoms with Gasteiger partial charge in [0, 0.05) is 6.04 Å². The molecule has 1 atom stereocenters. The van der Waals surface area contributed by atoms with Crippen molar-refractivity contribution in [3.05, 3.63) is 0 Å². The maximum Gasteiger partial charge on any atom is 0.320 e. The van der Waals surface area contributed by atoms with Gasteiger partial charge in [-0.15, -0.1) is 0 Å². The summed E-state index contributed by atoms with van der Waals surface area (Å²) < 4.78 is 4.89. The summed E-state index contributed by atoms with van der Waals surface area (Å²) in [4.78, 5) is 13.3. The van der Waals surface area contributed by atoms with Gasteiger partial charge in [0.2, 0.25) is 0 Å². The second-order valence-corrected chi connectivity index (χ2v) is 3.13. The fraction of sp³-hybridized carbons (Fsp3) is 0.900. The molecule has 13 heavy (non-hydrogen) atoms. The zero-order valence-electron chi connectivity index (χ0n) is 9.17. The van der Waals surface area contributed by atoms with Gasteiger partial charge in [0.05, 0.1) is 13.2 Å². The summed E-state index contributed by atoms with van der Waals surface area (Å²) in [6.07, 6.45) is 1.06. The van der Waals surface area contributed by atoms with Gasteiger partial charge in [0.15, 0.2) is 0 Å². The van der Waals surface area contributed by atoms with E-state index < -0.39 is 0 Å². The molecule has 0 aliphatic carbocycles. The molecular formula is C10H21NO2. The summed E-state index contributed by atoms with van der Waals surface area (Å²) in [6.45, 7) is 9.92. The fourth-order valence-electron chi connectivity index (χ4n) is 1.21. The molecule has 0 N–H and O–H groups in total. The molecule has 0 spiro atoms. The van der Waals surface area contributed by atoms with Crippen molar-refractivity contribution in [1.29, 1.82) is 0 Å². The van der Waals surface area contributed by atoms with Gasteiger partial charge >= 0.3 is 5.97 Å². The fourth-order valence-corrected chi connectivity index (χ4v) is 1.21. The van der Waals surface area contributed by atoms with Gasteiger partial charge in [-0.1, -0.05) is 13.8 Å². The summed E-state index contributed by atoms with van der Waals surface area (Å²) in [5.74, 6) is -0.121. The first-order chi connectivity index (χ1) is 6.15. The summed E-state index contributed by atoms with van der Waals surface area (Å²) in [5.41, 5.74) is 0.